The van der Waals surface area contributed by atoms with Gasteiger partial charge < -0.3 is 14.4 Å². The number of anilines is 1. The second-order valence-corrected chi connectivity index (χ2v) is 6.31. The Bertz CT molecular complexity index is 614. The van der Waals surface area contributed by atoms with Crippen molar-refractivity contribution in [2.24, 2.45) is 0 Å². The predicted octanol–water partition coefficient (Wildman–Crippen LogP) is 1.78. The van der Waals surface area contributed by atoms with Gasteiger partial charge in [-0.25, -0.2) is 9.78 Å². The van der Waals surface area contributed by atoms with Crippen LogP contribution >= 0.6 is 0 Å². The summed E-state index contributed by atoms with van der Waals surface area (Å²) in [5, 5.41) is 0. The number of hydrogen-bond acceptors (Lipinski definition) is 5. The van der Waals surface area contributed by atoms with Crippen molar-refractivity contribution < 1.29 is 19.1 Å². The minimum Gasteiger partial charge on any atom is -0.444 e. The number of ether oxygens (including phenoxy) is 2. The number of carbonyl (C=O) groups excluding carboxylic acids is 2. The summed E-state index contributed by atoms with van der Waals surface area (Å²) in [7, 11) is 1.53. The SMILES string of the molecule is COCC(=O)N1CCC(c2cccc(N3C[C@@H](C)OC3=O)n2)CC1. The summed E-state index contributed by atoms with van der Waals surface area (Å²) in [6, 6.07) is 5.75. The molecule has 0 N–H and O–H groups in total. The molecule has 1 aromatic rings. The Hall–Kier alpha value is -2.15. The first-order chi connectivity index (χ1) is 11.6. The molecule has 0 bridgehead atoms. The molecular formula is C17H23N3O4. The molecular weight excluding hydrogens is 310 g/mol. The van der Waals surface area contributed by atoms with Crippen LogP contribution in [0.3, 0.4) is 0 Å². The van der Waals surface area contributed by atoms with Gasteiger partial charge in [0.15, 0.2) is 0 Å². The smallest absolute Gasteiger partial charge is 0.415 e. The van der Waals surface area contributed by atoms with Gasteiger partial charge in [-0.2, -0.15) is 0 Å². The summed E-state index contributed by atoms with van der Waals surface area (Å²) in [6.45, 7) is 3.95. The van der Waals surface area contributed by atoms with Gasteiger partial charge in [0, 0.05) is 31.8 Å². The highest BCUT2D eigenvalue weighted by Gasteiger charge is 2.31. The average molecular weight is 333 g/mol. The fraction of sp³-hybridized carbons (Fsp3) is 0.588. The van der Waals surface area contributed by atoms with Crippen molar-refractivity contribution in [3.8, 4) is 0 Å². The van der Waals surface area contributed by atoms with Crippen LogP contribution in [0.2, 0.25) is 0 Å². The lowest BCUT2D eigenvalue weighted by atomic mass is 9.93. The maximum atomic E-state index is 11.9. The number of nitrogens with zero attached hydrogens (tertiary/aromatic N) is 3. The molecule has 24 heavy (non-hydrogen) atoms. The zero-order valence-corrected chi connectivity index (χ0v) is 14.1. The van der Waals surface area contributed by atoms with Crippen LogP contribution in [-0.4, -0.2) is 61.3 Å². The highest BCUT2D eigenvalue weighted by atomic mass is 16.6. The maximum Gasteiger partial charge on any atom is 0.415 e. The van der Waals surface area contributed by atoms with Crippen LogP contribution < -0.4 is 4.90 Å². The number of amides is 2. The summed E-state index contributed by atoms with van der Waals surface area (Å²) in [4.78, 5) is 31.8. The van der Waals surface area contributed by atoms with Crippen molar-refractivity contribution >= 4 is 17.8 Å². The van der Waals surface area contributed by atoms with Crippen molar-refractivity contribution in [2.45, 2.75) is 31.8 Å². The molecule has 3 heterocycles. The summed E-state index contributed by atoms with van der Waals surface area (Å²) in [6.07, 6.45) is 1.28. The molecule has 2 aliphatic heterocycles. The molecule has 0 radical (unpaired) electrons. The molecule has 7 heteroatoms. The molecule has 0 spiro atoms. The van der Waals surface area contributed by atoms with Gasteiger partial charge in [0.2, 0.25) is 5.91 Å². The van der Waals surface area contributed by atoms with E-state index < -0.39 is 0 Å². The van der Waals surface area contributed by atoms with E-state index in [2.05, 4.69) is 4.98 Å². The lowest BCUT2D eigenvalue weighted by Gasteiger charge is -2.31. The quantitative estimate of drug-likeness (QED) is 0.840. The number of cyclic esters (lactones) is 1. The van der Waals surface area contributed by atoms with Gasteiger partial charge in [0.1, 0.15) is 18.5 Å². The van der Waals surface area contributed by atoms with Gasteiger partial charge in [-0.05, 0) is 31.9 Å². The van der Waals surface area contributed by atoms with Crippen LogP contribution in [0.1, 0.15) is 31.4 Å². The number of pyridine rings is 1. The van der Waals surface area contributed by atoms with Gasteiger partial charge >= 0.3 is 6.09 Å². The minimum absolute atomic E-state index is 0.0338. The van der Waals surface area contributed by atoms with E-state index in [1.54, 1.807) is 4.90 Å². The van der Waals surface area contributed by atoms with E-state index in [9.17, 15) is 9.59 Å². The lowest BCUT2D eigenvalue weighted by Crippen LogP contribution is -2.40. The number of aromatic nitrogens is 1. The largest absolute Gasteiger partial charge is 0.444 e. The fourth-order valence-electron chi connectivity index (χ4n) is 3.25. The van der Waals surface area contributed by atoms with Crippen LogP contribution in [0.15, 0.2) is 18.2 Å². The highest BCUT2D eigenvalue weighted by molar-refractivity contribution is 5.88. The van der Waals surface area contributed by atoms with Gasteiger partial charge in [-0.3, -0.25) is 9.69 Å². The number of hydrogen-bond donors (Lipinski definition) is 0. The van der Waals surface area contributed by atoms with E-state index in [0.717, 1.165) is 18.5 Å². The molecule has 0 saturated carbocycles. The normalized spacial score (nSPS) is 21.9. The second kappa shape index (κ2) is 7.17. The van der Waals surface area contributed by atoms with Crippen molar-refractivity contribution in [3.63, 3.8) is 0 Å². The van der Waals surface area contributed by atoms with Crippen molar-refractivity contribution in [1.29, 1.82) is 0 Å². The maximum absolute atomic E-state index is 11.9. The number of piperidine rings is 1. The van der Waals surface area contributed by atoms with E-state index in [1.165, 1.54) is 7.11 Å². The summed E-state index contributed by atoms with van der Waals surface area (Å²) in [5.41, 5.74) is 0.971. The van der Waals surface area contributed by atoms with E-state index in [0.29, 0.717) is 31.4 Å². The monoisotopic (exact) mass is 333 g/mol. The molecule has 130 valence electrons. The Morgan fingerprint density at radius 3 is 2.75 bits per heavy atom. The van der Waals surface area contributed by atoms with Gasteiger partial charge in [0.05, 0.1) is 6.54 Å². The highest BCUT2D eigenvalue weighted by Crippen LogP contribution is 2.29. The average Bonchev–Trinajstić information content (AvgIpc) is 2.94. The number of methoxy groups -OCH3 is 1. The Morgan fingerprint density at radius 1 is 1.38 bits per heavy atom. The van der Waals surface area contributed by atoms with Gasteiger partial charge in [-0.15, -0.1) is 0 Å². The third-order valence-electron chi connectivity index (χ3n) is 4.53. The number of rotatable bonds is 4. The first-order valence-electron chi connectivity index (χ1n) is 8.30. The Labute approximate surface area is 141 Å². The molecule has 2 saturated heterocycles. The minimum atomic E-state index is -0.341. The number of carbonyl (C=O) groups is 2. The Kier molecular flexibility index (Phi) is 4.99. The third kappa shape index (κ3) is 3.51. The van der Waals surface area contributed by atoms with Crippen molar-refractivity contribution in [3.05, 3.63) is 23.9 Å². The van der Waals surface area contributed by atoms with E-state index >= 15 is 0 Å². The molecule has 3 rings (SSSR count). The van der Waals surface area contributed by atoms with Crippen molar-refractivity contribution in [1.82, 2.24) is 9.88 Å². The third-order valence-corrected chi connectivity index (χ3v) is 4.53. The summed E-state index contributed by atoms with van der Waals surface area (Å²) >= 11 is 0. The fourth-order valence-corrected chi connectivity index (χ4v) is 3.25. The molecule has 2 fully saturated rings. The van der Waals surface area contributed by atoms with Crippen LogP contribution in [-0.2, 0) is 14.3 Å². The van der Waals surface area contributed by atoms with E-state index in [4.69, 9.17) is 9.47 Å². The van der Waals surface area contributed by atoms with Crippen molar-refractivity contribution in [2.75, 3.05) is 38.3 Å². The van der Waals surface area contributed by atoms with E-state index in [-0.39, 0.29) is 24.7 Å². The van der Waals surface area contributed by atoms with Crippen LogP contribution in [0.25, 0.3) is 0 Å². The summed E-state index contributed by atoms with van der Waals surface area (Å²) in [5.74, 6) is 0.971. The first-order valence-corrected chi connectivity index (χ1v) is 8.30. The topological polar surface area (TPSA) is 72.0 Å². The molecule has 0 aromatic carbocycles. The lowest BCUT2D eigenvalue weighted by molar-refractivity contribution is -0.136. The molecule has 0 unspecified atom stereocenters. The standard InChI is InChI=1S/C17H23N3O4/c1-12-10-20(17(22)24-12)15-5-3-4-14(18-15)13-6-8-19(9-7-13)16(21)11-23-2/h3-5,12-13H,6-11H2,1-2H3/t12-/m1/s1. The molecule has 0 aliphatic carbocycles. The molecule has 1 aromatic heterocycles. The zero-order chi connectivity index (χ0) is 17.1. The first kappa shape index (κ1) is 16.7. The molecule has 2 aliphatic rings. The molecule has 2 amide bonds. The number of likely N-dealkylation sites (tertiary alicyclic amines) is 1. The molecule has 7 nitrogen and oxygen atoms in total. The summed E-state index contributed by atoms with van der Waals surface area (Å²) < 4.78 is 10.1. The second-order valence-electron chi connectivity index (χ2n) is 6.31. The Morgan fingerprint density at radius 2 is 2.12 bits per heavy atom. The van der Waals surface area contributed by atoms with Gasteiger partial charge in [0.25, 0.3) is 0 Å². The van der Waals surface area contributed by atoms with E-state index in [1.807, 2.05) is 30.0 Å². The van der Waals surface area contributed by atoms with Crippen LogP contribution in [0.5, 0.6) is 0 Å². The van der Waals surface area contributed by atoms with Crippen LogP contribution in [0.4, 0.5) is 10.6 Å². The zero-order valence-electron chi connectivity index (χ0n) is 14.1. The molecule has 1 atom stereocenters. The predicted molar refractivity (Wildman–Crippen MR) is 88.0 cm³/mol. The van der Waals surface area contributed by atoms with Gasteiger partial charge in [-0.1, -0.05) is 6.07 Å². The van der Waals surface area contributed by atoms with Crippen LogP contribution in [0, 0.1) is 0 Å². The Balaban J connectivity index is 1.65.